The molecule has 0 unspecified atom stereocenters. The Morgan fingerprint density at radius 3 is 2.42 bits per heavy atom. The fourth-order valence-electron chi connectivity index (χ4n) is 2.07. The van der Waals surface area contributed by atoms with Crippen molar-refractivity contribution in [3.05, 3.63) is 58.1 Å². The molecule has 0 aromatic heterocycles. The van der Waals surface area contributed by atoms with Gasteiger partial charge in [0, 0.05) is 11.6 Å². The first-order valence-electron chi connectivity index (χ1n) is 7.32. The van der Waals surface area contributed by atoms with Crippen molar-refractivity contribution in [1.82, 2.24) is 5.43 Å². The molecule has 0 heterocycles. The fraction of sp³-hybridized carbons (Fsp3) is 0.222. The monoisotopic (exact) mass is 346 g/mol. The number of methoxy groups -OCH3 is 2. The summed E-state index contributed by atoms with van der Waals surface area (Å²) in [4.78, 5) is 11.9. The van der Waals surface area contributed by atoms with E-state index < -0.39 is 0 Å². The minimum atomic E-state index is -0.202. The second-order valence-corrected chi connectivity index (χ2v) is 5.59. The Balaban J connectivity index is 2.00. The van der Waals surface area contributed by atoms with Crippen LogP contribution in [-0.4, -0.2) is 26.3 Å². The van der Waals surface area contributed by atoms with Crippen LogP contribution in [0.4, 0.5) is 0 Å². The molecule has 0 saturated heterocycles. The maximum absolute atomic E-state index is 11.9. The molecule has 0 fully saturated rings. The Bertz CT molecular complexity index is 743. The van der Waals surface area contributed by atoms with Crippen molar-refractivity contribution in [3.8, 4) is 11.5 Å². The van der Waals surface area contributed by atoms with Gasteiger partial charge < -0.3 is 9.47 Å². The normalized spacial score (nSPS) is 10.7. The number of nitrogens with one attached hydrogen (secondary N) is 1. The molecule has 126 valence electrons. The molecular weight excluding hydrogens is 328 g/mol. The number of rotatable bonds is 6. The molecule has 5 nitrogen and oxygen atoms in total. The second kappa shape index (κ2) is 8.36. The van der Waals surface area contributed by atoms with Gasteiger partial charge in [-0.2, -0.15) is 5.10 Å². The Morgan fingerprint density at radius 2 is 1.79 bits per heavy atom. The average molecular weight is 347 g/mol. The molecule has 2 aromatic rings. The average Bonchev–Trinajstić information content (AvgIpc) is 2.58. The quantitative estimate of drug-likeness (QED) is 0.644. The van der Waals surface area contributed by atoms with Crippen molar-refractivity contribution in [3.63, 3.8) is 0 Å². The molecule has 1 amide bonds. The van der Waals surface area contributed by atoms with Gasteiger partial charge in [-0.3, -0.25) is 4.79 Å². The third kappa shape index (κ3) is 4.73. The van der Waals surface area contributed by atoms with Gasteiger partial charge in [-0.25, -0.2) is 5.43 Å². The van der Waals surface area contributed by atoms with E-state index in [9.17, 15) is 4.79 Å². The lowest BCUT2D eigenvalue weighted by Gasteiger charge is -2.09. The number of halogens is 1. The first-order chi connectivity index (χ1) is 11.5. The number of carbonyl (C=O) groups excluding carboxylic acids is 1. The van der Waals surface area contributed by atoms with Crippen LogP contribution in [0.25, 0.3) is 0 Å². The summed E-state index contributed by atoms with van der Waals surface area (Å²) in [6, 6.07) is 11.1. The van der Waals surface area contributed by atoms with Crippen molar-refractivity contribution >= 4 is 23.7 Å². The first kappa shape index (κ1) is 17.8. The van der Waals surface area contributed by atoms with Crippen molar-refractivity contribution in [1.29, 1.82) is 0 Å². The van der Waals surface area contributed by atoms with Crippen LogP contribution < -0.4 is 14.9 Å². The van der Waals surface area contributed by atoms with Crippen LogP contribution in [0, 0.1) is 6.92 Å². The van der Waals surface area contributed by atoms with Crippen LogP contribution in [0.1, 0.15) is 16.7 Å². The van der Waals surface area contributed by atoms with E-state index in [0.717, 1.165) is 11.1 Å². The van der Waals surface area contributed by atoms with E-state index in [1.165, 1.54) is 20.4 Å². The zero-order valence-electron chi connectivity index (χ0n) is 13.8. The Kier molecular flexibility index (Phi) is 6.21. The lowest BCUT2D eigenvalue weighted by Crippen LogP contribution is -2.19. The topological polar surface area (TPSA) is 59.9 Å². The van der Waals surface area contributed by atoms with Gasteiger partial charge >= 0.3 is 0 Å². The second-order valence-electron chi connectivity index (χ2n) is 5.18. The highest BCUT2D eigenvalue weighted by Crippen LogP contribution is 2.32. The first-order valence-corrected chi connectivity index (χ1v) is 7.70. The van der Waals surface area contributed by atoms with Crippen molar-refractivity contribution in [2.45, 2.75) is 13.3 Å². The van der Waals surface area contributed by atoms with Gasteiger partial charge in [0.25, 0.3) is 0 Å². The summed E-state index contributed by atoms with van der Waals surface area (Å²) in [5.41, 5.74) is 5.18. The zero-order chi connectivity index (χ0) is 17.5. The van der Waals surface area contributed by atoms with Crippen LogP contribution in [0.15, 0.2) is 41.5 Å². The number of hydrazone groups is 1. The summed E-state index contributed by atoms with van der Waals surface area (Å²) in [7, 11) is 3.07. The molecule has 2 aromatic carbocycles. The lowest BCUT2D eigenvalue weighted by molar-refractivity contribution is -0.120. The van der Waals surface area contributed by atoms with E-state index in [0.29, 0.717) is 22.1 Å². The SMILES string of the molecule is COc1cc(Cl)c(/C=N\NC(=O)Cc2ccc(C)cc2)cc1OC. The maximum Gasteiger partial charge on any atom is 0.244 e. The summed E-state index contributed by atoms with van der Waals surface area (Å²) >= 11 is 6.16. The number of amides is 1. The van der Waals surface area contributed by atoms with Crippen molar-refractivity contribution < 1.29 is 14.3 Å². The smallest absolute Gasteiger partial charge is 0.244 e. The molecule has 0 bridgehead atoms. The van der Waals surface area contributed by atoms with Crippen molar-refractivity contribution in [2.24, 2.45) is 5.10 Å². The van der Waals surface area contributed by atoms with Gasteiger partial charge in [0.2, 0.25) is 5.91 Å². The number of carbonyl (C=O) groups is 1. The van der Waals surface area contributed by atoms with Gasteiger partial charge in [-0.15, -0.1) is 0 Å². The number of aryl methyl sites for hydroxylation is 1. The summed E-state index contributed by atoms with van der Waals surface area (Å²) < 4.78 is 10.4. The van der Waals surface area contributed by atoms with E-state index >= 15 is 0 Å². The molecule has 0 aliphatic rings. The molecule has 0 aliphatic carbocycles. The van der Waals surface area contributed by atoms with E-state index in [2.05, 4.69) is 10.5 Å². The minimum Gasteiger partial charge on any atom is -0.493 e. The standard InChI is InChI=1S/C18H19ClN2O3/c1-12-4-6-13(7-5-12)8-18(22)21-20-11-14-9-16(23-2)17(24-3)10-15(14)19/h4-7,9-11H,8H2,1-3H3,(H,21,22)/b20-11-. The van der Waals surface area contributed by atoms with Gasteiger partial charge in [0.15, 0.2) is 11.5 Å². The van der Waals surface area contributed by atoms with E-state index in [4.69, 9.17) is 21.1 Å². The number of hydrogen-bond donors (Lipinski definition) is 1. The highest BCUT2D eigenvalue weighted by Gasteiger charge is 2.08. The fourth-order valence-corrected chi connectivity index (χ4v) is 2.28. The van der Waals surface area contributed by atoms with E-state index in [1.807, 2.05) is 31.2 Å². The number of nitrogens with zero attached hydrogens (tertiary/aromatic N) is 1. The van der Waals surface area contributed by atoms with E-state index in [1.54, 1.807) is 12.1 Å². The van der Waals surface area contributed by atoms with Crippen LogP contribution in [0.3, 0.4) is 0 Å². The third-order valence-corrected chi connectivity index (χ3v) is 3.71. The molecule has 0 aliphatic heterocycles. The largest absolute Gasteiger partial charge is 0.493 e. The summed E-state index contributed by atoms with van der Waals surface area (Å²) in [6.07, 6.45) is 1.73. The maximum atomic E-state index is 11.9. The van der Waals surface area contributed by atoms with Gasteiger partial charge in [-0.1, -0.05) is 41.4 Å². The Morgan fingerprint density at radius 1 is 1.17 bits per heavy atom. The highest BCUT2D eigenvalue weighted by atomic mass is 35.5. The molecular formula is C18H19ClN2O3. The predicted octanol–water partition coefficient (Wildman–Crippen LogP) is 3.36. The molecule has 0 saturated carbocycles. The van der Waals surface area contributed by atoms with Gasteiger partial charge in [0.1, 0.15) is 0 Å². The Labute approximate surface area is 146 Å². The van der Waals surface area contributed by atoms with Crippen molar-refractivity contribution in [2.75, 3.05) is 14.2 Å². The lowest BCUT2D eigenvalue weighted by atomic mass is 10.1. The zero-order valence-corrected chi connectivity index (χ0v) is 14.6. The summed E-state index contributed by atoms with van der Waals surface area (Å²) in [6.45, 7) is 2.00. The molecule has 2 rings (SSSR count). The number of ether oxygens (including phenoxy) is 2. The van der Waals surface area contributed by atoms with Crippen LogP contribution in [-0.2, 0) is 11.2 Å². The predicted molar refractivity (Wildman–Crippen MR) is 95.2 cm³/mol. The molecule has 0 spiro atoms. The highest BCUT2D eigenvalue weighted by molar-refractivity contribution is 6.33. The minimum absolute atomic E-state index is 0.202. The van der Waals surface area contributed by atoms with Crippen LogP contribution >= 0.6 is 11.6 Å². The molecule has 0 radical (unpaired) electrons. The number of benzene rings is 2. The molecule has 24 heavy (non-hydrogen) atoms. The van der Waals surface area contributed by atoms with Gasteiger partial charge in [0.05, 0.1) is 31.9 Å². The van der Waals surface area contributed by atoms with Crippen LogP contribution in [0.2, 0.25) is 5.02 Å². The van der Waals surface area contributed by atoms with Crippen LogP contribution in [0.5, 0.6) is 11.5 Å². The molecule has 1 N–H and O–H groups in total. The van der Waals surface area contributed by atoms with E-state index in [-0.39, 0.29) is 12.3 Å². The summed E-state index contributed by atoms with van der Waals surface area (Å²) in [5, 5.41) is 4.39. The number of hydrogen-bond acceptors (Lipinski definition) is 4. The molecule has 0 atom stereocenters. The Hall–Kier alpha value is -2.53. The van der Waals surface area contributed by atoms with Gasteiger partial charge in [-0.05, 0) is 18.6 Å². The third-order valence-electron chi connectivity index (χ3n) is 3.38. The summed E-state index contributed by atoms with van der Waals surface area (Å²) in [5.74, 6) is 0.865. The molecule has 6 heteroatoms.